The lowest BCUT2D eigenvalue weighted by Crippen LogP contribution is -1.97. The molecule has 0 amide bonds. The molecule has 1 N–H and O–H groups in total. The van der Waals surface area contributed by atoms with Gasteiger partial charge in [0, 0.05) is 6.42 Å². The molecule has 0 heterocycles. The van der Waals surface area contributed by atoms with Crippen molar-refractivity contribution >= 4 is 10.1 Å². The molecule has 0 aliphatic heterocycles. The first-order chi connectivity index (χ1) is 6.04. The zero-order chi connectivity index (χ0) is 9.90. The number of rotatable bonds is 3. The molecule has 0 fully saturated rings. The molecule has 3 nitrogen and oxygen atoms in total. The van der Waals surface area contributed by atoms with E-state index >= 15 is 0 Å². The lowest BCUT2D eigenvalue weighted by molar-refractivity contribution is 0.483. The second kappa shape index (κ2) is 3.72. The van der Waals surface area contributed by atoms with Gasteiger partial charge in [-0.05, 0) is 17.7 Å². The van der Waals surface area contributed by atoms with Crippen LogP contribution in [0.4, 0.5) is 0 Å². The largest absolute Gasteiger partial charge is 0.294 e. The Balaban J connectivity index is 3.01. The fraction of sp³-hybridized carbons (Fsp3) is 0. The summed E-state index contributed by atoms with van der Waals surface area (Å²) in [5, 5.41) is 0. The van der Waals surface area contributed by atoms with E-state index in [0.29, 0.717) is 0 Å². The molecule has 0 aromatic heterocycles. The van der Waals surface area contributed by atoms with Crippen LogP contribution in [0.15, 0.2) is 41.8 Å². The molecule has 1 aromatic carbocycles. The summed E-state index contributed by atoms with van der Waals surface area (Å²) in [4.78, 5) is -0.103. The maximum absolute atomic E-state index is 10.6. The van der Waals surface area contributed by atoms with Crippen LogP contribution in [0.3, 0.4) is 0 Å². The zero-order valence-corrected chi connectivity index (χ0v) is 7.66. The van der Waals surface area contributed by atoms with Crippen LogP contribution in [0.5, 0.6) is 0 Å². The standard InChI is InChI=1S/C9H9O3S/c1-2-3-8-4-6-9(7-5-8)13(10,11)12/h2-7H,1H2,(H,10,11,12). The second-order valence-electron chi connectivity index (χ2n) is 2.45. The highest BCUT2D eigenvalue weighted by atomic mass is 32.2. The summed E-state index contributed by atoms with van der Waals surface area (Å²) in [5.74, 6) is 0. The van der Waals surface area contributed by atoms with Crippen molar-refractivity contribution in [2.24, 2.45) is 0 Å². The van der Waals surface area contributed by atoms with Crippen molar-refractivity contribution < 1.29 is 13.0 Å². The summed E-state index contributed by atoms with van der Waals surface area (Å²) in [6, 6.07) is 5.85. The van der Waals surface area contributed by atoms with Gasteiger partial charge in [-0.3, -0.25) is 4.55 Å². The smallest absolute Gasteiger partial charge is 0.282 e. The predicted molar refractivity (Wildman–Crippen MR) is 49.9 cm³/mol. The summed E-state index contributed by atoms with van der Waals surface area (Å²) in [7, 11) is -4.07. The number of allylic oxidation sites excluding steroid dienone is 1. The van der Waals surface area contributed by atoms with E-state index < -0.39 is 10.1 Å². The van der Waals surface area contributed by atoms with Gasteiger partial charge in [0.1, 0.15) is 0 Å². The van der Waals surface area contributed by atoms with Crippen molar-refractivity contribution in [3.05, 3.63) is 48.9 Å². The quantitative estimate of drug-likeness (QED) is 0.750. The highest BCUT2D eigenvalue weighted by Gasteiger charge is 2.07. The number of benzene rings is 1. The SMILES string of the molecule is C=C[CH]c1ccc(S(=O)(=O)O)cc1. The second-order valence-corrected chi connectivity index (χ2v) is 3.87. The molecule has 0 unspecified atom stereocenters. The van der Waals surface area contributed by atoms with E-state index in [-0.39, 0.29) is 4.90 Å². The molecule has 4 heteroatoms. The first-order valence-electron chi connectivity index (χ1n) is 3.57. The van der Waals surface area contributed by atoms with Crippen molar-refractivity contribution in [2.75, 3.05) is 0 Å². The van der Waals surface area contributed by atoms with Crippen LogP contribution in [0.1, 0.15) is 5.56 Å². The molecular formula is C9H9O3S. The Hall–Kier alpha value is -1.13. The molecule has 69 valence electrons. The van der Waals surface area contributed by atoms with Crippen LogP contribution in [0.25, 0.3) is 0 Å². The Bertz CT molecular complexity index is 389. The van der Waals surface area contributed by atoms with E-state index in [1.807, 2.05) is 0 Å². The van der Waals surface area contributed by atoms with Gasteiger partial charge in [-0.2, -0.15) is 8.42 Å². The van der Waals surface area contributed by atoms with Gasteiger partial charge in [0.25, 0.3) is 10.1 Å². The molecule has 1 rings (SSSR count). The van der Waals surface area contributed by atoms with Crippen LogP contribution in [0, 0.1) is 6.42 Å². The summed E-state index contributed by atoms with van der Waals surface area (Å²) in [5.41, 5.74) is 0.836. The Morgan fingerprint density at radius 2 is 1.77 bits per heavy atom. The molecular weight excluding hydrogens is 188 g/mol. The normalized spacial score (nSPS) is 11.2. The average molecular weight is 197 g/mol. The van der Waals surface area contributed by atoms with Crippen molar-refractivity contribution in [3.8, 4) is 0 Å². The summed E-state index contributed by atoms with van der Waals surface area (Å²) in [6.07, 6.45) is 3.33. The molecule has 0 aliphatic rings. The molecule has 1 aromatic rings. The topological polar surface area (TPSA) is 54.4 Å². The Labute approximate surface area is 77.5 Å². The minimum Gasteiger partial charge on any atom is -0.282 e. The lowest BCUT2D eigenvalue weighted by atomic mass is 10.2. The maximum Gasteiger partial charge on any atom is 0.294 e. The minimum atomic E-state index is -4.07. The summed E-state index contributed by atoms with van der Waals surface area (Å²) in [6.45, 7) is 3.50. The van der Waals surface area contributed by atoms with Crippen LogP contribution >= 0.6 is 0 Å². The van der Waals surface area contributed by atoms with E-state index in [1.54, 1.807) is 24.6 Å². The highest BCUT2D eigenvalue weighted by Crippen LogP contribution is 2.11. The monoisotopic (exact) mass is 197 g/mol. The Morgan fingerprint density at radius 1 is 1.23 bits per heavy atom. The summed E-state index contributed by atoms with van der Waals surface area (Å²) < 4.78 is 29.9. The molecule has 1 radical (unpaired) electrons. The minimum absolute atomic E-state index is 0.103. The van der Waals surface area contributed by atoms with Crippen molar-refractivity contribution in [3.63, 3.8) is 0 Å². The molecule has 0 spiro atoms. The van der Waals surface area contributed by atoms with Gasteiger partial charge in [-0.1, -0.05) is 18.2 Å². The highest BCUT2D eigenvalue weighted by molar-refractivity contribution is 7.85. The van der Waals surface area contributed by atoms with Crippen molar-refractivity contribution in [1.29, 1.82) is 0 Å². The van der Waals surface area contributed by atoms with Gasteiger partial charge in [-0.25, -0.2) is 0 Å². The number of hydrogen-bond donors (Lipinski definition) is 1. The zero-order valence-electron chi connectivity index (χ0n) is 6.84. The Kier molecular flexibility index (Phi) is 2.85. The van der Waals surface area contributed by atoms with Crippen LogP contribution in [0.2, 0.25) is 0 Å². The van der Waals surface area contributed by atoms with E-state index in [2.05, 4.69) is 6.58 Å². The molecule has 0 atom stereocenters. The van der Waals surface area contributed by atoms with E-state index in [1.165, 1.54) is 12.1 Å². The summed E-state index contributed by atoms with van der Waals surface area (Å²) >= 11 is 0. The third-order valence-corrected chi connectivity index (χ3v) is 2.36. The fourth-order valence-corrected chi connectivity index (χ4v) is 1.37. The molecule has 0 saturated heterocycles. The molecule has 13 heavy (non-hydrogen) atoms. The molecule has 0 bridgehead atoms. The van der Waals surface area contributed by atoms with Crippen LogP contribution < -0.4 is 0 Å². The van der Waals surface area contributed by atoms with Gasteiger partial charge >= 0.3 is 0 Å². The van der Waals surface area contributed by atoms with Gasteiger partial charge in [0.15, 0.2) is 0 Å². The number of hydrogen-bond acceptors (Lipinski definition) is 2. The maximum atomic E-state index is 10.6. The lowest BCUT2D eigenvalue weighted by Gasteiger charge is -1.98. The molecule has 0 aliphatic carbocycles. The third kappa shape index (κ3) is 2.68. The van der Waals surface area contributed by atoms with Crippen LogP contribution in [-0.2, 0) is 10.1 Å². The van der Waals surface area contributed by atoms with Crippen LogP contribution in [-0.4, -0.2) is 13.0 Å². The van der Waals surface area contributed by atoms with Gasteiger partial charge in [0.05, 0.1) is 4.90 Å². The fourth-order valence-electron chi connectivity index (χ4n) is 0.887. The third-order valence-electron chi connectivity index (χ3n) is 1.49. The van der Waals surface area contributed by atoms with Crippen molar-refractivity contribution in [2.45, 2.75) is 4.90 Å². The average Bonchev–Trinajstić information content (AvgIpc) is 2.04. The van der Waals surface area contributed by atoms with E-state index in [9.17, 15) is 8.42 Å². The molecule has 0 saturated carbocycles. The van der Waals surface area contributed by atoms with Gasteiger partial charge < -0.3 is 0 Å². The van der Waals surface area contributed by atoms with Gasteiger partial charge in [-0.15, -0.1) is 6.58 Å². The first-order valence-corrected chi connectivity index (χ1v) is 5.01. The van der Waals surface area contributed by atoms with Crippen molar-refractivity contribution in [1.82, 2.24) is 0 Å². The Morgan fingerprint density at radius 3 is 2.15 bits per heavy atom. The van der Waals surface area contributed by atoms with E-state index in [0.717, 1.165) is 5.56 Å². The first kappa shape index (κ1) is 9.95. The van der Waals surface area contributed by atoms with E-state index in [4.69, 9.17) is 4.55 Å². The van der Waals surface area contributed by atoms with Gasteiger partial charge in [0.2, 0.25) is 0 Å². The predicted octanol–water partition coefficient (Wildman–Crippen LogP) is 1.67.